The van der Waals surface area contributed by atoms with Crippen LogP contribution in [-0.4, -0.2) is 11.2 Å². The van der Waals surface area contributed by atoms with Gasteiger partial charge in [0.1, 0.15) is 0 Å². The van der Waals surface area contributed by atoms with Gasteiger partial charge in [0.25, 0.3) is 5.56 Å². The zero-order valence-corrected chi connectivity index (χ0v) is 10.2. The summed E-state index contributed by atoms with van der Waals surface area (Å²) in [5.41, 5.74) is -1.44. The molecule has 0 aliphatic rings. The number of benzene rings is 1. The Labute approximate surface area is 102 Å². The lowest BCUT2D eigenvalue weighted by atomic mass is 10.2. The molecule has 2 aromatic rings. The van der Waals surface area contributed by atoms with Gasteiger partial charge in [-0.15, -0.1) is 11.3 Å². The maximum absolute atomic E-state index is 12.5. The molecule has 2 rings (SSSR count). The Morgan fingerprint density at radius 3 is 2.65 bits per heavy atom. The number of hydrogen-bond acceptors (Lipinski definition) is 4. The average Bonchev–Trinajstić information content (AvgIpc) is 2.27. The molecule has 0 bridgehead atoms. The quantitative estimate of drug-likeness (QED) is 0.748. The molecule has 0 fully saturated rings. The summed E-state index contributed by atoms with van der Waals surface area (Å²) in [6, 6.07) is 3.14. The van der Waals surface area contributed by atoms with Crippen LogP contribution < -0.4 is 5.56 Å². The maximum atomic E-state index is 12.5. The van der Waals surface area contributed by atoms with Crippen LogP contribution in [0.1, 0.15) is 5.56 Å². The van der Waals surface area contributed by atoms with Crippen LogP contribution >= 0.6 is 23.1 Å². The molecule has 17 heavy (non-hydrogen) atoms. The molecule has 0 aliphatic carbocycles. The Morgan fingerprint density at radius 2 is 2.06 bits per heavy atom. The minimum atomic E-state index is -4.44. The number of halogens is 3. The summed E-state index contributed by atoms with van der Waals surface area (Å²) in [6.07, 6.45) is -2.68. The van der Waals surface area contributed by atoms with Crippen molar-refractivity contribution in [2.24, 2.45) is 0 Å². The van der Waals surface area contributed by atoms with Gasteiger partial charge >= 0.3 is 6.18 Å². The highest BCUT2D eigenvalue weighted by Crippen LogP contribution is 2.32. The molecule has 0 saturated carbocycles. The van der Waals surface area contributed by atoms with Crippen molar-refractivity contribution >= 4 is 33.2 Å². The van der Waals surface area contributed by atoms with E-state index in [1.807, 2.05) is 0 Å². The average molecular weight is 277 g/mol. The fourth-order valence-corrected chi connectivity index (χ4v) is 2.80. The lowest BCUT2D eigenvalue weighted by molar-refractivity contribution is -0.137. The van der Waals surface area contributed by atoms with Crippen LogP contribution in [-0.2, 0) is 6.18 Å². The highest BCUT2D eigenvalue weighted by atomic mass is 32.2. The second-order valence-electron chi connectivity index (χ2n) is 3.20. The van der Waals surface area contributed by atoms with Gasteiger partial charge in [0.2, 0.25) is 0 Å². The fourth-order valence-electron chi connectivity index (χ4n) is 1.31. The van der Waals surface area contributed by atoms with Gasteiger partial charge in [0.15, 0.2) is 4.34 Å². The van der Waals surface area contributed by atoms with E-state index in [-0.39, 0.29) is 5.39 Å². The molecule has 0 aliphatic heterocycles. The summed E-state index contributed by atoms with van der Waals surface area (Å²) >= 11 is 2.50. The molecule has 1 heterocycles. The second kappa shape index (κ2) is 4.30. The second-order valence-corrected chi connectivity index (χ2v) is 5.28. The largest absolute Gasteiger partial charge is 0.416 e. The van der Waals surface area contributed by atoms with Gasteiger partial charge in [0, 0.05) is 4.70 Å². The first-order valence-corrected chi connectivity index (χ1v) is 6.52. The van der Waals surface area contributed by atoms with Gasteiger partial charge in [-0.2, -0.15) is 18.2 Å². The molecule has 0 N–H and O–H groups in total. The molecule has 2 nitrogen and oxygen atoms in total. The third kappa shape index (κ3) is 2.44. The Balaban J connectivity index is 2.71. The van der Waals surface area contributed by atoms with E-state index in [1.165, 1.54) is 29.2 Å². The Bertz CT molecular complexity index is 621. The predicted octanol–water partition coefficient (Wildman–Crippen LogP) is 3.40. The lowest BCUT2D eigenvalue weighted by Crippen LogP contribution is -2.09. The molecule has 90 valence electrons. The van der Waals surface area contributed by atoms with Crippen LogP contribution in [0.4, 0.5) is 13.2 Å². The highest BCUT2D eigenvalue weighted by Gasteiger charge is 2.30. The Hall–Kier alpha value is -1.08. The first-order chi connectivity index (χ1) is 7.91. The van der Waals surface area contributed by atoms with E-state index in [2.05, 4.69) is 4.98 Å². The minimum absolute atomic E-state index is 0.0163. The summed E-state index contributed by atoms with van der Waals surface area (Å²) in [7, 11) is 0. The van der Waals surface area contributed by atoms with Crippen LogP contribution in [0.15, 0.2) is 27.3 Å². The molecule has 7 heteroatoms. The van der Waals surface area contributed by atoms with Crippen molar-refractivity contribution in [3.63, 3.8) is 0 Å². The van der Waals surface area contributed by atoms with Gasteiger partial charge in [-0.25, -0.2) is 0 Å². The van der Waals surface area contributed by atoms with E-state index >= 15 is 0 Å². The van der Waals surface area contributed by atoms with Crippen molar-refractivity contribution in [2.45, 2.75) is 10.5 Å². The smallest absolute Gasteiger partial charge is 0.267 e. The topological polar surface area (TPSA) is 30.0 Å². The molecular formula is C10H6F3NOS2. The van der Waals surface area contributed by atoms with Crippen LogP contribution in [0.3, 0.4) is 0 Å². The zero-order valence-electron chi connectivity index (χ0n) is 8.54. The van der Waals surface area contributed by atoms with E-state index in [0.717, 1.165) is 12.1 Å². The van der Waals surface area contributed by atoms with E-state index in [9.17, 15) is 18.0 Å². The summed E-state index contributed by atoms with van der Waals surface area (Å²) in [5, 5.41) is 0.0163. The first-order valence-electron chi connectivity index (χ1n) is 4.48. The molecule has 0 unspecified atom stereocenters. The van der Waals surface area contributed by atoms with Gasteiger partial charge < -0.3 is 0 Å². The van der Waals surface area contributed by atoms with Crippen molar-refractivity contribution in [1.29, 1.82) is 0 Å². The zero-order chi connectivity index (χ0) is 12.6. The first kappa shape index (κ1) is 12.4. The molecule has 0 radical (unpaired) electrons. The summed E-state index contributed by atoms with van der Waals surface area (Å²) in [5.74, 6) is 0. The van der Waals surface area contributed by atoms with Crippen molar-refractivity contribution < 1.29 is 13.2 Å². The molecule has 0 saturated heterocycles. The van der Waals surface area contributed by atoms with Gasteiger partial charge in [0.05, 0.1) is 10.9 Å². The molecule has 1 aromatic carbocycles. The van der Waals surface area contributed by atoms with Gasteiger partial charge in [-0.3, -0.25) is 4.79 Å². The minimum Gasteiger partial charge on any atom is -0.267 e. The number of hydrogen-bond donors (Lipinski definition) is 0. The number of nitrogens with zero attached hydrogens (tertiary/aromatic N) is 1. The number of rotatable bonds is 1. The highest BCUT2D eigenvalue weighted by molar-refractivity contribution is 8.00. The maximum Gasteiger partial charge on any atom is 0.416 e. The lowest BCUT2D eigenvalue weighted by Gasteiger charge is -2.06. The van der Waals surface area contributed by atoms with Crippen molar-refractivity contribution in [2.75, 3.05) is 6.26 Å². The normalized spacial score (nSPS) is 12.0. The Kier molecular flexibility index (Phi) is 3.13. The van der Waals surface area contributed by atoms with Crippen LogP contribution in [0.5, 0.6) is 0 Å². The standard InChI is InChI=1S/C10H6F3NOS2/c1-16-9-14-8(15)6-4-5(10(11,12)13)2-3-7(6)17-9/h2-4H,1H3. The van der Waals surface area contributed by atoms with Crippen LogP contribution in [0, 0.1) is 0 Å². The predicted molar refractivity (Wildman–Crippen MR) is 62.7 cm³/mol. The van der Waals surface area contributed by atoms with E-state index in [1.54, 1.807) is 6.26 Å². The third-order valence-corrected chi connectivity index (χ3v) is 4.13. The van der Waals surface area contributed by atoms with Crippen molar-refractivity contribution in [1.82, 2.24) is 4.98 Å². The number of fused-ring (bicyclic) bond motifs is 1. The van der Waals surface area contributed by atoms with Crippen LogP contribution in [0.2, 0.25) is 0 Å². The molecule has 0 spiro atoms. The van der Waals surface area contributed by atoms with Crippen molar-refractivity contribution in [3.8, 4) is 0 Å². The van der Waals surface area contributed by atoms with E-state index in [4.69, 9.17) is 0 Å². The Morgan fingerprint density at radius 1 is 1.35 bits per heavy atom. The molecule has 0 amide bonds. The van der Waals surface area contributed by atoms with E-state index in [0.29, 0.717) is 9.04 Å². The summed E-state index contributed by atoms with van der Waals surface area (Å²) in [4.78, 5) is 15.3. The third-order valence-electron chi connectivity index (χ3n) is 2.10. The van der Waals surface area contributed by atoms with Crippen molar-refractivity contribution in [3.05, 3.63) is 34.1 Å². The molecule has 0 atom stereocenters. The fraction of sp³-hybridized carbons (Fsp3) is 0.200. The SMILES string of the molecule is CSc1nc(=O)c2cc(C(F)(F)F)ccc2s1. The van der Waals surface area contributed by atoms with Crippen LogP contribution in [0.25, 0.3) is 10.1 Å². The van der Waals surface area contributed by atoms with Gasteiger partial charge in [-0.1, -0.05) is 11.8 Å². The monoisotopic (exact) mass is 277 g/mol. The number of thioether (sulfide) groups is 1. The number of alkyl halides is 3. The van der Waals surface area contributed by atoms with E-state index < -0.39 is 17.3 Å². The molecular weight excluding hydrogens is 271 g/mol. The number of aromatic nitrogens is 1. The summed E-state index contributed by atoms with van der Waals surface area (Å²) in [6.45, 7) is 0. The molecule has 1 aromatic heterocycles. The summed E-state index contributed by atoms with van der Waals surface area (Å²) < 4.78 is 38.5. The van der Waals surface area contributed by atoms with Gasteiger partial charge in [-0.05, 0) is 24.5 Å².